The predicted molar refractivity (Wildman–Crippen MR) is 94.6 cm³/mol. The highest BCUT2D eigenvalue weighted by atomic mass is 32.2. The molecule has 0 fully saturated rings. The van der Waals surface area contributed by atoms with Crippen LogP contribution in [0.1, 0.15) is 25.5 Å². The Hall–Kier alpha value is -2.35. The quantitative estimate of drug-likeness (QED) is 0.743. The highest BCUT2D eigenvalue weighted by Crippen LogP contribution is 2.23. The number of hydrogen-bond acceptors (Lipinski definition) is 4. The first-order valence-electron chi connectivity index (χ1n) is 7.90. The topological polar surface area (TPSA) is 83.4 Å². The molecule has 3 rings (SSSR count). The van der Waals surface area contributed by atoms with E-state index < -0.39 is 10.0 Å². The van der Waals surface area contributed by atoms with Crippen LogP contribution in [0.25, 0.3) is 17.0 Å². The third-order valence-electron chi connectivity index (χ3n) is 3.92. The van der Waals surface area contributed by atoms with Crippen molar-refractivity contribution in [2.75, 3.05) is 17.1 Å². The molecule has 3 aromatic rings. The fourth-order valence-corrected chi connectivity index (χ4v) is 3.83. The Morgan fingerprint density at radius 3 is 2.58 bits per heavy atom. The van der Waals surface area contributed by atoms with Gasteiger partial charge in [0.15, 0.2) is 11.5 Å². The van der Waals surface area contributed by atoms with Crippen LogP contribution in [0, 0.1) is 6.92 Å². The molecule has 2 aromatic heterocycles. The van der Waals surface area contributed by atoms with Gasteiger partial charge in [-0.2, -0.15) is 4.63 Å². The van der Waals surface area contributed by atoms with Crippen LogP contribution in [0.3, 0.4) is 0 Å². The Balaban J connectivity index is 1.83. The first kappa shape index (κ1) is 16.5. The van der Waals surface area contributed by atoms with E-state index in [0.717, 1.165) is 23.3 Å². The summed E-state index contributed by atoms with van der Waals surface area (Å²) in [6.45, 7) is 3.92. The van der Waals surface area contributed by atoms with E-state index in [-0.39, 0.29) is 5.75 Å². The number of nitrogens with zero attached hydrogens (tertiary/aromatic N) is 4. The van der Waals surface area contributed by atoms with Gasteiger partial charge in [-0.05, 0) is 37.6 Å². The molecule has 0 amide bonds. The van der Waals surface area contributed by atoms with E-state index in [0.29, 0.717) is 17.9 Å². The van der Waals surface area contributed by atoms with Gasteiger partial charge in [-0.3, -0.25) is 9.40 Å². The summed E-state index contributed by atoms with van der Waals surface area (Å²) in [6, 6.07) is 9.14. The van der Waals surface area contributed by atoms with Crippen LogP contribution >= 0.6 is 0 Å². The standard InChI is InChI=1S/C16H21N5O2S/c1-4-5-10-24(22,23)20(3)14-8-6-13(7-9-14)16-17-15-11-12(2)18-21(15)19-16/h6-9,11,18H,4-5,10H2,1-3H3. The van der Waals surface area contributed by atoms with E-state index in [1.54, 1.807) is 23.8 Å². The van der Waals surface area contributed by atoms with Crippen molar-refractivity contribution in [3.05, 3.63) is 36.0 Å². The molecule has 0 radical (unpaired) electrons. The smallest absolute Gasteiger partial charge is 0.234 e. The zero-order valence-corrected chi connectivity index (χ0v) is 14.8. The summed E-state index contributed by atoms with van der Waals surface area (Å²) in [7, 11) is -1.69. The van der Waals surface area contributed by atoms with E-state index in [2.05, 4.69) is 15.2 Å². The molecule has 2 heterocycles. The maximum Gasteiger partial charge on any atom is 0.234 e. The van der Waals surface area contributed by atoms with Crippen molar-refractivity contribution in [1.82, 2.24) is 19.8 Å². The third-order valence-corrected chi connectivity index (χ3v) is 5.77. The van der Waals surface area contributed by atoms with Gasteiger partial charge in [0.05, 0.1) is 11.4 Å². The van der Waals surface area contributed by atoms with Crippen LogP contribution in [0.15, 0.2) is 30.3 Å². The van der Waals surface area contributed by atoms with Gasteiger partial charge in [0, 0.05) is 24.4 Å². The largest absolute Gasteiger partial charge is 0.281 e. The highest BCUT2D eigenvalue weighted by Gasteiger charge is 2.18. The van der Waals surface area contributed by atoms with Gasteiger partial charge < -0.3 is 0 Å². The summed E-state index contributed by atoms with van der Waals surface area (Å²) in [6.07, 6.45) is 1.51. The number of aromatic nitrogens is 4. The minimum absolute atomic E-state index is 0.161. The zero-order chi connectivity index (χ0) is 17.3. The van der Waals surface area contributed by atoms with Crippen molar-refractivity contribution in [1.29, 1.82) is 0 Å². The molecule has 1 N–H and O–H groups in total. The molecule has 8 heteroatoms. The number of fused-ring (bicyclic) bond motifs is 1. The molecule has 24 heavy (non-hydrogen) atoms. The summed E-state index contributed by atoms with van der Waals surface area (Å²) in [4.78, 5) is 4.46. The second kappa shape index (κ2) is 6.27. The summed E-state index contributed by atoms with van der Waals surface area (Å²) in [5.74, 6) is 0.762. The summed E-state index contributed by atoms with van der Waals surface area (Å²) in [5.41, 5.74) is 3.22. The summed E-state index contributed by atoms with van der Waals surface area (Å²) in [5, 5.41) is 7.46. The van der Waals surface area contributed by atoms with E-state index >= 15 is 0 Å². The lowest BCUT2D eigenvalue weighted by molar-refractivity contribution is 0.591. The van der Waals surface area contributed by atoms with Gasteiger partial charge in [0.2, 0.25) is 10.0 Å². The molecule has 0 saturated heterocycles. The van der Waals surface area contributed by atoms with E-state index in [1.807, 2.05) is 32.0 Å². The van der Waals surface area contributed by atoms with Gasteiger partial charge in [0.25, 0.3) is 0 Å². The minimum Gasteiger partial charge on any atom is -0.281 e. The number of unbranched alkanes of at least 4 members (excludes halogenated alkanes) is 1. The van der Waals surface area contributed by atoms with Gasteiger partial charge in [-0.1, -0.05) is 13.3 Å². The Labute approximate surface area is 141 Å². The molecule has 1 aromatic carbocycles. The van der Waals surface area contributed by atoms with Gasteiger partial charge in [0.1, 0.15) is 0 Å². The molecule has 0 aliphatic heterocycles. The van der Waals surface area contributed by atoms with Gasteiger partial charge in [-0.25, -0.2) is 13.4 Å². The Bertz CT molecular complexity index is 909. The van der Waals surface area contributed by atoms with Crippen LogP contribution in [-0.4, -0.2) is 41.0 Å². The number of aromatic amines is 1. The molecule has 0 atom stereocenters. The van der Waals surface area contributed by atoms with Crippen molar-refractivity contribution < 1.29 is 8.42 Å². The van der Waals surface area contributed by atoms with Crippen LogP contribution in [0.4, 0.5) is 5.69 Å². The number of rotatable bonds is 6. The number of anilines is 1. The number of sulfonamides is 1. The SMILES string of the molecule is CCCCS(=O)(=O)N(C)c1ccc(-c2nc3cc(C)[nH]n3n2)cc1. The number of benzene rings is 1. The van der Waals surface area contributed by atoms with E-state index in [1.165, 1.54) is 4.31 Å². The lowest BCUT2D eigenvalue weighted by Crippen LogP contribution is -2.28. The van der Waals surface area contributed by atoms with Crippen molar-refractivity contribution in [3.8, 4) is 11.4 Å². The first-order chi connectivity index (χ1) is 11.4. The summed E-state index contributed by atoms with van der Waals surface area (Å²) < 4.78 is 27.5. The fourth-order valence-electron chi connectivity index (χ4n) is 2.46. The minimum atomic E-state index is -3.28. The predicted octanol–water partition coefficient (Wildman–Crippen LogP) is 2.60. The average Bonchev–Trinajstić information content (AvgIpc) is 3.09. The average molecular weight is 347 g/mol. The number of aryl methyl sites for hydroxylation is 1. The highest BCUT2D eigenvalue weighted by molar-refractivity contribution is 7.92. The van der Waals surface area contributed by atoms with Crippen LogP contribution in [0.5, 0.6) is 0 Å². The molecule has 0 aliphatic carbocycles. The van der Waals surface area contributed by atoms with Crippen LogP contribution in [0.2, 0.25) is 0 Å². The maximum atomic E-state index is 12.3. The van der Waals surface area contributed by atoms with Gasteiger partial charge in [-0.15, -0.1) is 5.10 Å². The molecule has 0 saturated carbocycles. The summed E-state index contributed by atoms with van der Waals surface area (Å²) >= 11 is 0. The lowest BCUT2D eigenvalue weighted by Gasteiger charge is -2.19. The molecular formula is C16H21N5O2S. The zero-order valence-electron chi connectivity index (χ0n) is 14.0. The second-order valence-electron chi connectivity index (χ2n) is 5.83. The number of H-pyrrole nitrogens is 1. The van der Waals surface area contributed by atoms with Crippen molar-refractivity contribution >= 4 is 21.4 Å². The van der Waals surface area contributed by atoms with E-state index in [4.69, 9.17) is 0 Å². The maximum absolute atomic E-state index is 12.3. The van der Waals surface area contributed by atoms with Crippen LogP contribution < -0.4 is 4.31 Å². The van der Waals surface area contributed by atoms with Crippen LogP contribution in [-0.2, 0) is 10.0 Å². The Kier molecular flexibility index (Phi) is 4.31. The first-order valence-corrected chi connectivity index (χ1v) is 9.51. The molecule has 128 valence electrons. The molecule has 7 nitrogen and oxygen atoms in total. The van der Waals surface area contributed by atoms with E-state index in [9.17, 15) is 8.42 Å². The number of nitrogens with one attached hydrogen (secondary N) is 1. The fraction of sp³-hybridized carbons (Fsp3) is 0.375. The molecule has 0 spiro atoms. The second-order valence-corrected chi connectivity index (χ2v) is 7.95. The molecule has 0 unspecified atom stereocenters. The van der Waals surface area contributed by atoms with Crippen molar-refractivity contribution in [2.24, 2.45) is 0 Å². The monoisotopic (exact) mass is 347 g/mol. The van der Waals surface area contributed by atoms with Gasteiger partial charge >= 0.3 is 0 Å². The lowest BCUT2D eigenvalue weighted by atomic mass is 10.2. The normalized spacial score (nSPS) is 12.0. The van der Waals surface area contributed by atoms with Crippen molar-refractivity contribution in [3.63, 3.8) is 0 Å². The Morgan fingerprint density at radius 2 is 1.96 bits per heavy atom. The molecular weight excluding hydrogens is 326 g/mol. The third kappa shape index (κ3) is 3.14. The molecule has 0 aliphatic rings. The number of hydrogen-bond donors (Lipinski definition) is 1. The molecule has 0 bridgehead atoms. The van der Waals surface area contributed by atoms with Crippen molar-refractivity contribution in [2.45, 2.75) is 26.7 Å². The Morgan fingerprint density at radius 1 is 1.25 bits per heavy atom.